The third kappa shape index (κ3) is 4.57. The molecule has 3 nitrogen and oxygen atoms in total. The average Bonchev–Trinajstić information content (AvgIpc) is 2.69. The highest BCUT2D eigenvalue weighted by molar-refractivity contribution is 5.83. The summed E-state index contributed by atoms with van der Waals surface area (Å²) in [7, 11) is 0. The number of amides is 1. The Morgan fingerprint density at radius 3 is 2.18 bits per heavy atom. The van der Waals surface area contributed by atoms with Gasteiger partial charge in [-0.25, -0.2) is 0 Å². The van der Waals surface area contributed by atoms with Crippen LogP contribution in [-0.4, -0.2) is 37.0 Å². The van der Waals surface area contributed by atoms with E-state index in [1.807, 2.05) is 11.8 Å². The summed E-state index contributed by atoms with van der Waals surface area (Å²) in [5, 5.41) is 0. The van der Waals surface area contributed by atoms with Crippen LogP contribution in [0.4, 0.5) is 5.69 Å². The summed E-state index contributed by atoms with van der Waals surface area (Å²) >= 11 is 0. The maximum atomic E-state index is 13.0. The maximum absolute atomic E-state index is 13.0. The number of piperazine rings is 1. The summed E-state index contributed by atoms with van der Waals surface area (Å²) in [6.07, 6.45) is 1.09. The van der Waals surface area contributed by atoms with Crippen LogP contribution in [0, 0.1) is 19.8 Å². The summed E-state index contributed by atoms with van der Waals surface area (Å²) in [6, 6.07) is 15.1. The van der Waals surface area contributed by atoms with Crippen LogP contribution in [0.1, 0.15) is 48.9 Å². The van der Waals surface area contributed by atoms with Crippen LogP contribution >= 0.6 is 0 Å². The lowest BCUT2D eigenvalue weighted by Crippen LogP contribution is -2.50. The van der Waals surface area contributed by atoms with Gasteiger partial charge in [0.05, 0.1) is 5.92 Å². The van der Waals surface area contributed by atoms with Crippen molar-refractivity contribution in [2.75, 3.05) is 31.1 Å². The third-order valence-corrected chi connectivity index (χ3v) is 6.00. The number of benzene rings is 2. The molecule has 0 aromatic heterocycles. The van der Waals surface area contributed by atoms with Crippen LogP contribution in [0.2, 0.25) is 0 Å². The molecule has 28 heavy (non-hydrogen) atoms. The van der Waals surface area contributed by atoms with Crippen molar-refractivity contribution in [2.45, 2.75) is 47.0 Å². The van der Waals surface area contributed by atoms with Gasteiger partial charge in [-0.1, -0.05) is 50.2 Å². The number of hydrogen-bond donors (Lipinski definition) is 0. The number of carbonyl (C=O) groups is 1. The number of anilines is 1. The van der Waals surface area contributed by atoms with Crippen molar-refractivity contribution in [3.05, 3.63) is 64.7 Å². The molecule has 1 saturated heterocycles. The van der Waals surface area contributed by atoms with Gasteiger partial charge in [0.2, 0.25) is 5.91 Å². The van der Waals surface area contributed by atoms with Gasteiger partial charge in [-0.2, -0.15) is 0 Å². The van der Waals surface area contributed by atoms with Crippen LogP contribution in [0.25, 0.3) is 0 Å². The molecule has 1 unspecified atom stereocenters. The first-order valence-corrected chi connectivity index (χ1v) is 10.6. The second-order valence-electron chi connectivity index (χ2n) is 8.59. The molecule has 3 heteroatoms. The Hall–Kier alpha value is -2.29. The molecular weight excluding hydrogens is 344 g/mol. The van der Waals surface area contributed by atoms with E-state index in [4.69, 9.17) is 0 Å². The number of carbonyl (C=O) groups excluding carboxylic acids is 1. The monoisotopic (exact) mass is 378 g/mol. The van der Waals surface area contributed by atoms with Crippen LogP contribution in [-0.2, 0) is 11.2 Å². The van der Waals surface area contributed by atoms with E-state index in [9.17, 15) is 4.79 Å². The molecule has 1 aliphatic rings. The van der Waals surface area contributed by atoms with E-state index in [1.165, 1.54) is 22.4 Å². The zero-order chi connectivity index (χ0) is 20.3. The van der Waals surface area contributed by atoms with Gasteiger partial charge < -0.3 is 9.80 Å². The van der Waals surface area contributed by atoms with E-state index in [0.717, 1.165) is 38.2 Å². The Morgan fingerprint density at radius 1 is 0.929 bits per heavy atom. The Labute approximate surface area is 170 Å². The van der Waals surface area contributed by atoms with Crippen molar-refractivity contribution in [1.29, 1.82) is 0 Å². The number of hydrogen-bond acceptors (Lipinski definition) is 2. The zero-order valence-electron chi connectivity index (χ0n) is 18.0. The molecule has 150 valence electrons. The topological polar surface area (TPSA) is 23.6 Å². The van der Waals surface area contributed by atoms with Gasteiger partial charge in [0.25, 0.3) is 0 Å². The molecule has 1 fully saturated rings. The number of aryl methyl sites for hydroxylation is 1. The van der Waals surface area contributed by atoms with E-state index < -0.39 is 0 Å². The average molecular weight is 379 g/mol. The third-order valence-electron chi connectivity index (χ3n) is 6.00. The molecule has 0 spiro atoms. The first kappa shape index (κ1) is 20.4. The van der Waals surface area contributed by atoms with Crippen molar-refractivity contribution >= 4 is 11.6 Å². The van der Waals surface area contributed by atoms with E-state index in [-0.39, 0.29) is 11.8 Å². The second-order valence-corrected chi connectivity index (χ2v) is 8.59. The molecule has 0 bridgehead atoms. The Morgan fingerprint density at radius 2 is 1.57 bits per heavy atom. The van der Waals surface area contributed by atoms with Crippen LogP contribution in [0.5, 0.6) is 0 Å². The molecule has 1 heterocycles. The lowest BCUT2D eigenvalue weighted by Gasteiger charge is -2.38. The lowest BCUT2D eigenvalue weighted by molar-refractivity contribution is -0.132. The zero-order valence-corrected chi connectivity index (χ0v) is 18.0. The standard InChI is InChI=1S/C25H34N2O/c1-18(2)17-22-9-11-23(12-10-22)21(5)25(28)27-15-13-26(14-16-27)24-8-6-7-19(3)20(24)4/h6-12,18,21H,13-17H2,1-5H3. The molecular formula is C25H34N2O. The van der Waals surface area contributed by atoms with Gasteiger partial charge in [-0.3, -0.25) is 4.79 Å². The first-order chi connectivity index (χ1) is 13.4. The van der Waals surface area contributed by atoms with Crippen LogP contribution in [0.15, 0.2) is 42.5 Å². The minimum Gasteiger partial charge on any atom is -0.368 e. The van der Waals surface area contributed by atoms with Crippen molar-refractivity contribution in [2.24, 2.45) is 5.92 Å². The predicted molar refractivity (Wildman–Crippen MR) is 118 cm³/mol. The summed E-state index contributed by atoms with van der Waals surface area (Å²) in [5.74, 6) is 0.816. The fraction of sp³-hybridized carbons (Fsp3) is 0.480. The quantitative estimate of drug-likeness (QED) is 0.734. The van der Waals surface area contributed by atoms with E-state index in [0.29, 0.717) is 5.92 Å². The SMILES string of the molecule is Cc1cccc(N2CCN(C(=O)C(C)c3ccc(CC(C)C)cc3)CC2)c1C. The normalized spacial score (nSPS) is 15.8. The van der Waals surface area contributed by atoms with Gasteiger partial charge in [-0.05, 0) is 61.4 Å². The lowest BCUT2D eigenvalue weighted by atomic mass is 9.95. The predicted octanol–water partition coefficient (Wildman–Crippen LogP) is 4.95. The van der Waals surface area contributed by atoms with Gasteiger partial charge in [0, 0.05) is 31.9 Å². The summed E-state index contributed by atoms with van der Waals surface area (Å²) < 4.78 is 0. The minimum absolute atomic E-state index is 0.0830. The van der Waals surface area contributed by atoms with Crippen molar-refractivity contribution in [3.63, 3.8) is 0 Å². The van der Waals surface area contributed by atoms with Gasteiger partial charge in [-0.15, -0.1) is 0 Å². The van der Waals surface area contributed by atoms with Gasteiger partial charge >= 0.3 is 0 Å². The highest BCUT2D eigenvalue weighted by Crippen LogP contribution is 2.25. The van der Waals surface area contributed by atoms with Crippen LogP contribution < -0.4 is 4.90 Å². The molecule has 0 aliphatic carbocycles. The highest BCUT2D eigenvalue weighted by Gasteiger charge is 2.26. The molecule has 1 amide bonds. The molecule has 3 rings (SSSR count). The summed E-state index contributed by atoms with van der Waals surface area (Å²) in [6.45, 7) is 14.2. The van der Waals surface area contributed by atoms with Gasteiger partial charge in [0.1, 0.15) is 0 Å². The van der Waals surface area contributed by atoms with Crippen LogP contribution in [0.3, 0.4) is 0 Å². The second kappa shape index (κ2) is 8.81. The molecule has 0 N–H and O–H groups in total. The van der Waals surface area contributed by atoms with E-state index in [1.54, 1.807) is 0 Å². The van der Waals surface area contributed by atoms with E-state index >= 15 is 0 Å². The molecule has 0 radical (unpaired) electrons. The Bertz CT molecular complexity index is 802. The minimum atomic E-state index is -0.0830. The van der Waals surface area contributed by atoms with Gasteiger partial charge in [0.15, 0.2) is 0 Å². The maximum Gasteiger partial charge on any atom is 0.229 e. The Kier molecular flexibility index (Phi) is 6.43. The van der Waals surface area contributed by atoms with Crippen molar-refractivity contribution in [3.8, 4) is 0 Å². The van der Waals surface area contributed by atoms with Crippen molar-refractivity contribution in [1.82, 2.24) is 4.90 Å². The largest absolute Gasteiger partial charge is 0.368 e. The smallest absolute Gasteiger partial charge is 0.229 e. The molecule has 1 aliphatic heterocycles. The Balaban J connectivity index is 1.60. The summed E-state index contributed by atoms with van der Waals surface area (Å²) in [4.78, 5) is 17.5. The van der Waals surface area contributed by atoms with E-state index in [2.05, 4.69) is 75.1 Å². The number of rotatable bonds is 5. The molecule has 2 aromatic carbocycles. The molecule has 1 atom stereocenters. The number of nitrogens with zero attached hydrogens (tertiary/aromatic N) is 2. The summed E-state index contributed by atoms with van der Waals surface area (Å²) in [5.41, 5.74) is 6.44. The molecule has 0 saturated carbocycles. The molecule has 2 aromatic rings. The first-order valence-electron chi connectivity index (χ1n) is 10.6. The fourth-order valence-electron chi connectivity index (χ4n) is 4.08. The highest BCUT2D eigenvalue weighted by atomic mass is 16.2. The van der Waals surface area contributed by atoms with Crippen molar-refractivity contribution < 1.29 is 4.79 Å². The fourth-order valence-corrected chi connectivity index (χ4v) is 4.08.